The Bertz CT molecular complexity index is 917. The number of nitrogens with one attached hydrogen (secondary N) is 1. The fourth-order valence-corrected chi connectivity index (χ4v) is 3.13. The summed E-state index contributed by atoms with van der Waals surface area (Å²) in [4.78, 5) is 38.4. The van der Waals surface area contributed by atoms with Crippen LogP contribution in [0.25, 0.3) is 0 Å². The lowest BCUT2D eigenvalue weighted by atomic mass is 9.92. The van der Waals surface area contributed by atoms with E-state index in [0.717, 1.165) is 10.5 Å². The predicted octanol–water partition coefficient (Wildman–Crippen LogP) is 2.59. The molecule has 3 rings (SSSR count). The molecule has 28 heavy (non-hydrogen) atoms. The van der Waals surface area contributed by atoms with Crippen molar-refractivity contribution in [3.05, 3.63) is 75.6 Å². The van der Waals surface area contributed by atoms with Crippen molar-refractivity contribution in [3.8, 4) is 0 Å². The Morgan fingerprint density at radius 3 is 2.32 bits per heavy atom. The van der Waals surface area contributed by atoms with Crippen LogP contribution in [0.15, 0.2) is 48.5 Å². The number of carbonyl (C=O) groups is 2. The van der Waals surface area contributed by atoms with Gasteiger partial charge in [-0.25, -0.2) is 14.1 Å². The zero-order valence-electron chi connectivity index (χ0n) is 15.4. The Balaban J connectivity index is 1.73. The van der Waals surface area contributed by atoms with Gasteiger partial charge in [-0.1, -0.05) is 12.1 Å². The van der Waals surface area contributed by atoms with Crippen LogP contribution in [0.4, 0.5) is 14.9 Å². The van der Waals surface area contributed by atoms with Crippen LogP contribution in [0.5, 0.6) is 0 Å². The molecule has 0 saturated carbocycles. The summed E-state index contributed by atoms with van der Waals surface area (Å²) >= 11 is 0. The highest BCUT2D eigenvalue weighted by molar-refractivity contribution is 6.07. The van der Waals surface area contributed by atoms with Crippen molar-refractivity contribution in [1.82, 2.24) is 15.1 Å². The lowest BCUT2D eigenvalue weighted by Crippen LogP contribution is -2.42. The highest BCUT2D eigenvalue weighted by Crippen LogP contribution is 2.30. The molecule has 2 aromatic rings. The quantitative estimate of drug-likeness (QED) is 0.468. The standard InChI is InChI=1S/C19H19FN4O4/c1-19(14-5-9-16(10-6-14)24(27)28)17(25)23(18(26)21-19)12-22(2)11-13-3-7-15(20)8-4-13/h3-10H,11-12H2,1-2H3,(H,21,26)/t19-/m0/s1. The lowest BCUT2D eigenvalue weighted by Gasteiger charge is -2.24. The average Bonchev–Trinajstić information content (AvgIpc) is 2.88. The van der Waals surface area contributed by atoms with Gasteiger partial charge in [0, 0.05) is 18.7 Å². The van der Waals surface area contributed by atoms with Gasteiger partial charge in [0.2, 0.25) is 0 Å². The summed E-state index contributed by atoms with van der Waals surface area (Å²) in [5.41, 5.74) is -0.0997. The molecule has 0 aromatic heterocycles. The van der Waals surface area contributed by atoms with Crippen LogP contribution < -0.4 is 5.32 Å². The number of rotatable bonds is 6. The third-order valence-corrected chi connectivity index (χ3v) is 4.68. The van der Waals surface area contributed by atoms with Gasteiger partial charge in [0.15, 0.2) is 0 Å². The van der Waals surface area contributed by atoms with Gasteiger partial charge in [-0.3, -0.25) is 19.8 Å². The number of hydrogen-bond donors (Lipinski definition) is 1. The second-order valence-electron chi connectivity index (χ2n) is 6.87. The summed E-state index contributed by atoms with van der Waals surface area (Å²) < 4.78 is 13.0. The molecule has 8 nitrogen and oxygen atoms in total. The van der Waals surface area contributed by atoms with Crippen molar-refractivity contribution in [2.24, 2.45) is 0 Å². The number of nitrogens with zero attached hydrogens (tertiary/aromatic N) is 3. The van der Waals surface area contributed by atoms with Crippen LogP contribution in [-0.4, -0.2) is 40.4 Å². The number of hydrogen-bond acceptors (Lipinski definition) is 5. The van der Waals surface area contributed by atoms with E-state index in [-0.39, 0.29) is 18.2 Å². The molecule has 9 heteroatoms. The molecule has 0 bridgehead atoms. The molecule has 1 aliphatic rings. The zero-order chi connectivity index (χ0) is 20.5. The molecule has 0 unspecified atom stereocenters. The largest absolute Gasteiger partial charge is 0.326 e. The van der Waals surface area contributed by atoms with Crippen molar-refractivity contribution in [1.29, 1.82) is 0 Å². The summed E-state index contributed by atoms with van der Waals surface area (Å²) in [5.74, 6) is -0.781. The first kappa shape index (κ1) is 19.4. The van der Waals surface area contributed by atoms with Crippen LogP contribution in [0, 0.1) is 15.9 Å². The molecule has 1 N–H and O–H groups in total. The fraction of sp³-hybridized carbons (Fsp3) is 0.263. The monoisotopic (exact) mass is 386 g/mol. The summed E-state index contributed by atoms with van der Waals surface area (Å²) in [5, 5.41) is 13.5. The number of amides is 3. The van der Waals surface area contributed by atoms with E-state index in [1.165, 1.54) is 36.4 Å². The maximum absolute atomic E-state index is 13.0. The van der Waals surface area contributed by atoms with Gasteiger partial charge in [0.05, 0.1) is 11.6 Å². The smallest absolute Gasteiger partial charge is 0.319 e. The van der Waals surface area contributed by atoms with Crippen molar-refractivity contribution in [2.45, 2.75) is 19.0 Å². The van der Waals surface area contributed by atoms with E-state index in [1.807, 2.05) is 0 Å². The first-order chi connectivity index (χ1) is 13.2. The predicted molar refractivity (Wildman–Crippen MR) is 98.6 cm³/mol. The molecule has 0 spiro atoms. The molecule has 3 amide bonds. The highest BCUT2D eigenvalue weighted by atomic mass is 19.1. The Morgan fingerprint density at radius 1 is 1.14 bits per heavy atom. The van der Waals surface area contributed by atoms with Gasteiger partial charge in [-0.05, 0) is 49.4 Å². The van der Waals surface area contributed by atoms with Gasteiger partial charge >= 0.3 is 6.03 Å². The number of nitro benzene ring substituents is 1. The van der Waals surface area contributed by atoms with Crippen LogP contribution in [-0.2, 0) is 16.9 Å². The number of non-ortho nitro benzene ring substituents is 1. The van der Waals surface area contributed by atoms with Crippen LogP contribution in [0.3, 0.4) is 0 Å². The molecule has 2 aromatic carbocycles. The average molecular weight is 386 g/mol. The van der Waals surface area contributed by atoms with Gasteiger partial charge in [0.25, 0.3) is 11.6 Å². The second kappa shape index (κ2) is 7.35. The molecule has 0 aliphatic carbocycles. The molecule has 1 saturated heterocycles. The van der Waals surface area contributed by atoms with E-state index in [9.17, 15) is 24.1 Å². The topological polar surface area (TPSA) is 95.8 Å². The first-order valence-electron chi connectivity index (χ1n) is 8.53. The molecule has 1 fully saturated rings. The molecule has 1 atom stereocenters. The van der Waals surface area contributed by atoms with Gasteiger partial charge in [-0.2, -0.15) is 0 Å². The van der Waals surface area contributed by atoms with Crippen LogP contribution in [0.2, 0.25) is 0 Å². The maximum Gasteiger partial charge on any atom is 0.326 e. The van der Waals surface area contributed by atoms with E-state index < -0.39 is 22.4 Å². The van der Waals surface area contributed by atoms with Crippen molar-refractivity contribution in [3.63, 3.8) is 0 Å². The summed E-state index contributed by atoms with van der Waals surface area (Å²) in [6.45, 7) is 2.03. The SMILES string of the molecule is CN(Cc1ccc(F)cc1)CN1C(=O)N[C@@](C)(c2ccc([N+](=O)[O-])cc2)C1=O. The summed E-state index contributed by atoms with van der Waals surface area (Å²) in [6, 6.07) is 10.9. The molecular weight excluding hydrogens is 367 g/mol. The van der Waals surface area contributed by atoms with Crippen molar-refractivity contribution < 1.29 is 18.9 Å². The number of halogens is 1. The Hall–Kier alpha value is -3.33. The van der Waals surface area contributed by atoms with E-state index in [2.05, 4.69) is 5.32 Å². The molecule has 1 aliphatic heterocycles. The van der Waals surface area contributed by atoms with Gasteiger partial charge < -0.3 is 5.32 Å². The van der Waals surface area contributed by atoms with E-state index in [0.29, 0.717) is 12.1 Å². The van der Waals surface area contributed by atoms with Crippen LogP contribution in [0.1, 0.15) is 18.1 Å². The fourth-order valence-electron chi connectivity index (χ4n) is 3.13. The van der Waals surface area contributed by atoms with Crippen molar-refractivity contribution in [2.75, 3.05) is 13.7 Å². The third-order valence-electron chi connectivity index (χ3n) is 4.68. The Morgan fingerprint density at radius 2 is 1.75 bits per heavy atom. The molecule has 146 valence electrons. The van der Waals surface area contributed by atoms with Crippen LogP contribution >= 0.6 is 0 Å². The normalized spacial score (nSPS) is 19.2. The highest BCUT2D eigenvalue weighted by Gasteiger charge is 2.49. The van der Waals surface area contributed by atoms with Crippen molar-refractivity contribution >= 4 is 17.6 Å². The minimum absolute atomic E-state index is 0.0462. The van der Waals surface area contributed by atoms with E-state index in [4.69, 9.17) is 0 Å². The number of carbonyl (C=O) groups excluding carboxylic acids is 2. The zero-order valence-corrected chi connectivity index (χ0v) is 15.4. The van der Waals surface area contributed by atoms with Gasteiger partial charge in [0.1, 0.15) is 11.4 Å². The Kier molecular flexibility index (Phi) is 5.10. The Labute approximate surface area is 160 Å². The van der Waals surface area contributed by atoms with Gasteiger partial charge in [-0.15, -0.1) is 0 Å². The number of imide groups is 1. The third kappa shape index (κ3) is 3.70. The lowest BCUT2D eigenvalue weighted by molar-refractivity contribution is -0.384. The second-order valence-corrected chi connectivity index (χ2v) is 6.87. The minimum atomic E-state index is -1.30. The summed E-state index contributed by atoms with van der Waals surface area (Å²) in [6.07, 6.45) is 0. The summed E-state index contributed by atoms with van der Waals surface area (Å²) in [7, 11) is 1.74. The molecular formula is C19H19FN4O4. The number of urea groups is 1. The molecule has 0 radical (unpaired) electrons. The number of nitro groups is 1. The number of benzene rings is 2. The minimum Gasteiger partial charge on any atom is -0.319 e. The van der Waals surface area contributed by atoms with E-state index >= 15 is 0 Å². The molecule has 1 heterocycles. The van der Waals surface area contributed by atoms with E-state index in [1.54, 1.807) is 31.0 Å². The maximum atomic E-state index is 13.0. The first-order valence-corrected chi connectivity index (χ1v) is 8.53.